The van der Waals surface area contributed by atoms with Gasteiger partial charge in [0.15, 0.2) is 5.78 Å². The molecule has 0 aliphatic heterocycles. The third-order valence-electron chi connectivity index (χ3n) is 3.39. The van der Waals surface area contributed by atoms with Gasteiger partial charge in [0, 0.05) is 23.6 Å². The van der Waals surface area contributed by atoms with Gasteiger partial charge in [-0.2, -0.15) is 0 Å². The lowest BCUT2D eigenvalue weighted by Gasteiger charge is -2.01. The van der Waals surface area contributed by atoms with Gasteiger partial charge >= 0.3 is 5.97 Å². The summed E-state index contributed by atoms with van der Waals surface area (Å²) in [5.74, 6) is -0.412. The minimum Gasteiger partial charge on any atom is -0.464 e. The number of pyridine rings is 1. The van der Waals surface area contributed by atoms with E-state index in [1.807, 2.05) is 24.3 Å². The highest BCUT2D eigenvalue weighted by Gasteiger charge is 2.12. The van der Waals surface area contributed by atoms with Crippen molar-refractivity contribution in [3.05, 3.63) is 65.5 Å². The van der Waals surface area contributed by atoms with E-state index in [0.29, 0.717) is 16.9 Å². The van der Waals surface area contributed by atoms with Crippen LogP contribution >= 0.6 is 0 Å². The van der Waals surface area contributed by atoms with E-state index in [4.69, 9.17) is 0 Å². The first-order chi connectivity index (χ1) is 10.7. The van der Waals surface area contributed by atoms with Crippen molar-refractivity contribution in [2.75, 3.05) is 7.11 Å². The Morgan fingerprint density at radius 3 is 2.68 bits per heavy atom. The van der Waals surface area contributed by atoms with Crippen molar-refractivity contribution >= 4 is 22.8 Å². The number of ether oxygens (including phenoxy) is 1. The van der Waals surface area contributed by atoms with Crippen LogP contribution in [0.15, 0.2) is 48.7 Å². The molecule has 22 heavy (non-hydrogen) atoms. The van der Waals surface area contributed by atoms with Gasteiger partial charge in [-0.15, -0.1) is 0 Å². The number of ketones is 1. The lowest BCUT2D eigenvalue weighted by atomic mass is 10.0. The highest BCUT2D eigenvalue weighted by atomic mass is 16.5. The van der Waals surface area contributed by atoms with Crippen molar-refractivity contribution in [3.63, 3.8) is 0 Å². The number of benzene rings is 1. The summed E-state index contributed by atoms with van der Waals surface area (Å²) in [6.45, 7) is 0. The normalized spacial score (nSPS) is 10.6. The number of aromatic amines is 1. The average molecular weight is 294 g/mol. The first-order valence-electron chi connectivity index (χ1n) is 6.81. The van der Waals surface area contributed by atoms with E-state index in [9.17, 15) is 9.59 Å². The number of nitrogens with one attached hydrogen (secondary N) is 1. The number of methoxy groups -OCH3 is 1. The number of aromatic nitrogens is 2. The number of esters is 1. The van der Waals surface area contributed by atoms with Crippen LogP contribution in [0.25, 0.3) is 11.0 Å². The van der Waals surface area contributed by atoms with Crippen LogP contribution in [0.3, 0.4) is 0 Å². The molecule has 3 aromatic rings. The van der Waals surface area contributed by atoms with Crippen LogP contribution in [0.5, 0.6) is 0 Å². The summed E-state index contributed by atoms with van der Waals surface area (Å²) in [7, 11) is 1.32. The molecular weight excluding hydrogens is 280 g/mol. The molecule has 0 aliphatic rings. The molecule has 3 rings (SSSR count). The molecule has 0 aliphatic carbocycles. The summed E-state index contributed by atoms with van der Waals surface area (Å²) in [6, 6.07) is 12.7. The van der Waals surface area contributed by atoms with Crippen LogP contribution in [0.1, 0.15) is 26.4 Å². The number of carbonyl (C=O) groups excluding carboxylic acids is 2. The van der Waals surface area contributed by atoms with Gasteiger partial charge < -0.3 is 9.72 Å². The van der Waals surface area contributed by atoms with E-state index in [2.05, 4.69) is 14.7 Å². The van der Waals surface area contributed by atoms with Crippen molar-refractivity contribution in [1.82, 2.24) is 9.97 Å². The summed E-state index contributed by atoms with van der Waals surface area (Å²) < 4.78 is 4.67. The summed E-state index contributed by atoms with van der Waals surface area (Å²) in [5, 5.41) is 0.777. The Morgan fingerprint density at radius 2 is 1.95 bits per heavy atom. The van der Waals surface area contributed by atoms with Gasteiger partial charge in [-0.1, -0.05) is 30.3 Å². The maximum Gasteiger partial charge on any atom is 0.354 e. The highest BCUT2D eigenvalue weighted by molar-refractivity contribution is 5.98. The molecule has 1 aromatic carbocycles. The molecule has 2 aromatic heterocycles. The number of hydrogen-bond donors (Lipinski definition) is 1. The SMILES string of the molecule is COC(=O)c1cc2cc(CC(=O)c3ccccc3)cnc2[nH]1. The molecule has 5 heteroatoms. The molecule has 0 unspecified atom stereocenters. The van der Waals surface area contributed by atoms with Crippen molar-refractivity contribution < 1.29 is 14.3 Å². The number of hydrogen-bond acceptors (Lipinski definition) is 4. The smallest absolute Gasteiger partial charge is 0.354 e. The number of Topliss-reactive ketones (excluding diaryl/α,β-unsaturated/α-hetero) is 1. The lowest BCUT2D eigenvalue weighted by Crippen LogP contribution is -2.03. The van der Waals surface area contributed by atoms with Gasteiger partial charge in [0.05, 0.1) is 7.11 Å². The van der Waals surface area contributed by atoms with Crippen molar-refractivity contribution in [2.24, 2.45) is 0 Å². The van der Waals surface area contributed by atoms with Crippen LogP contribution in [0, 0.1) is 0 Å². The van der Waals surface area contributed by atoms with E-state index in [1.165, 1.54) is 7.11 Å². The van der Waals surface area contributed by atoms with E-state index >= 15 is 0 Å². The van der Waals surface area contributed by atoms with Crippen LogP contribution < -0.4 is 0 Å². The zero-order chi connectivity index (χ0) is 15.5. The number of rotatable bonds is 4. The zero-order valence-electron chi connectivity index (χ0n) is 12.0. The Bertz CT molecular complexity index is 837. The van der Waals surface area contributed by atoms with Crippen LogP contribution in [0.4, 0.5) is 0 Å². The molecule has 0 spiro atoms. The Labute approximate surface area is 126 Å². The van der Waals surface area contributed by atoms with Gasteiger partial charge in [0.1, 0.15) is 11.3 Å². The Hall–Kier alpha value is -2.95. The van der Waals surface area contributed by atoms with E-state index < -0.39 is 5.97 Å². The summed E-state index contributed by atoms with van der Waals surface area (Å²) in [6.07, 6.45) is 1.91. The molecule has 0 saturated heterocycles. The van der Waals surface area contributed by atoms with Crippen molar-refractivity contribution in [2.45, 2.75) is 6.42 Å². The van der Waals surface area contributed by atoms with E-state index in [0.717, 1.165) is 10.9 Å². The largest absolute Gasteiger partial charge is 0.464 e. The molecule has 0 fully saturated rings. The highest BCUT2D eigenvalue weighted by Crippen LogP contribution is 2.17. The zero-order valence-corrected chi connectivity index (χ0v) is 12.0. The first kappa shape index (κ1) is 14.0. The monoisotopic (exact) mass is 294 g/mol. The second kappa shape index (κ2) is 5.81. The molecule has 5 nitrogen and oxygen atoms in total. The predicted octanol–water partition coefficient (Wildman–Crippen LogP) is 2.77. The maximum absolute atomic E-state index is 12.2. The molecule has 1 N–H and O–H groups in total. The minimum atomic E-state index is -0.445. The molecule has 0 amide bonds. The van der Waals surface area contributed by atoms with Gasteiger partial charge in [0.2, 0.25) is 0 Å². The van der Waals surface area contributed by atoms with Crippen LogP contribution in [-0.4, -0.2) is 28.8 Å². The van der Waals surface area contributed by atoms with Crippen molar-refractivity contribution in [3.8, 4) is 0 Å². The van der Waals surface area contributed by atoms with Crippen LogP contribution in [0.2, 0.25) is 0 Å². The predicted molar refractivity (Wildman–Crippen MR) is 81.9 cm³/mol. The van der Waals surface area contributed by atoms with E-state index in [1.54, 1.807) is 24.4 Å². The summed E-state index contributed by atoms with van der Waals surface area (Å²) in [4.78, 5) is 30.8. The third-order valence-corrected chi connectivity index (χ3v) is 3.39. The van der Waals surface area contributed by atoms with Gasteiger partial charge in [-0.3, -0.25) is 4.79 Å². The van der Waals surface area contributed by atoms with E-state index in [-0.39, 0.29) is 12.2 Å². The van der Waals surface area contributed by atoms with Crippen molar-refractivity contribution in [1.29, 1.82) is 0 Å². The number of carbonyl (C=O) groups is 2. The molecular formula is C17H14N2O3. The van der Waals surface area contributed by atoms with Gasteiger partial charge in [-0.05, 0) is 17.7 Å². The number of nitrogens with zero attached hydrogens (tertiary/aromatic N) is 1. The first-order valence-corrected chi connectivity index (χ1v) is 6.81. The average Bonchev–Trinajstić information content (AvgIpc) is 2.98. The lowest BCUT2D eigenvalue weighted by molar-refractivity contribution is 0.0595. The second-order valence-electron chi connectivity index (χ2n) is 4.92. The molecule has 0 atom stereocenters. The maximum atomic E-state index is 12.2. The van der Waals surface area contributed by atoms with Gasteiger partial charge in [0.25, 0.3) is 0 Å². The van der Waals surface area contributed by atoms with Crippen LogP contribution in [-0.2, 0) is 11.2 Å². The molecule has 2 heterocycles. The Balaban J connectivity index is 1.86. The number of H-pyrrole nitrogens is 1. The summed E-state index contributed by atoms with van der Waals surface area (Å²) >= 11 is 0. The number of fused-ring (bicyclic) bond motifs is 1. The molecule has 110 valence electrons. The second-order valence-corrected chi connectivity index (χ2v) is 4.92. The standard InChI is InChI=1S/C17H14N2O3/c1-22-17(21)14-9-13-7-11(10-18-16(13)19-14)8-15(20)12-5-3-2-4-6-12/h2-7,9-10H,8H2,1H3,(H,18,19). The summed E-state index contributed by atoms with van der Waals surface area (Å²) in [5.41, 5.74) is 2.41. The fourth-order valence-electron chi connectivity index (χ4n) is 2.29. The third kappa shape index (κ3) is 2.74. The quantitative estimate of drug-likeness (QED) is 0.593. The molecule has 0 bridgehead atoms. The minimum absolute atomic E-state index is 0.0328. The fraction of sp³-hybridized carbons (Fsp3) is 0.118. The topological polar surface area (TPSA) is 72.1 Å². The Kier molecular flexibility index (Phi) is 3.70. The Morgan fingerprint density at radius 1 is 1.18 bits per heavy atom. The molecule has 0 radical (unpaired) electrons. The van der Waals surface area contributed by atoms with Gasteiger partial charge in [-0.25, -0.2) is 9.78 Å². The molecule has 0 saturated carbocycles. The fourth-order valence-corrected chi connectivity index (χ4v) is 2.29.